The average Bonchev–Trinajstić information content (AvgIpc) is 2.99. The van der Waals surface area contributed by atoms with Crippen LogP contribution in [0.15, 0.2) is 15.7 Å². The molecule has 114 valence electrons. The molecule has 1 aliphatic rings. The topological polar surface area (TPSA) is 58.2 Å². The van der Waals surface area contributed by atoms with Crippen molar-refractivity contribution in [3.63, 3.8) is 0 Å². The molecule has 20 heavy (non-hydrogen) atoms. The van der Waals surface area contributed by atoms with E-state index in [4.69, 9.17) is 0 Å². The predicted molar refractivity (Wildman–Crippen MR) is 83.4 cm³/mol. The molecule has 0 aliphatic heterocycles. The first-order valence-corrected chi connectivity index (χ1v) is 9.68. The van der Waals surface area contributed by atoms with Gasteiger partial charge in [0, 0.05) is 12.6 Å². The van der Waals surface area contributed by atoms with Crippen molar-refractivity contribution in [1.82, 2.24) is 10.0 Å². The van der Waals surface area contributed by atoms with Crippen molar-refractivity contribution in [3.8, 4) is 0 Å². The van der Waals surface area contributed by atoms with Crippen molar-refractivity contribution in [3.05, 3.63) is 17.0 Å². The van der Waals surface area contributed by atoms with Crippen LogP contribution < -0.4 is 10.0 Å². The van der Waals surface area contributed by atoms with Gasteiger partial charge in [0.05, 0.1) is 0 Å². The molecule has 1 aliphatic carbocycles. The van der Waals surface area contributed by atoms with Crippen molar-refractivity contribution >= 4 is 21.4 Å². The van der Waals surface area contributed by atoms with Crippen LogP contribution in [0.1, 0.15) is 45.1 Å². The monoisotopic (exact) mass is 316 g/mol. The molecule has 0 saturated heterocycles. The minimum absolute atomic E-state index is 0.110. The maximum absolute atomic E-state index is 12.3. The third-order valence-electron chi connectivity index (χ3n) is 3.67. The molecule has 2 unspecified atom stereocenters. The van der Waals surface area contributed by atoms with Gasteiger partial charge in [0.1, 0.15) is 4.21 Å². The van der Waals surface area contributed by atoms with E-state index in [1.54, 1.807) is 6.07 Å². The third-order valence-corrected chi connectivity index (χ3v) is 6.68. The van der Waals surface area contributed by atoms with Crippen molar-refractivity contribution < 1.29 is 8.42 Å². The molecule has 6 heteroatoms. The van der Waals surface area contributed by atoms with E-state index in [2.05, 4.69) is 23.9 Å². The Morgan fingerprint density at radius 3 is 2.85 bits per heavy atom. The van der Waals surface area contributed by atoms with E-state index in [1.165, 1.54) is 11.3 Å². The molecular weight excluding hydrogens is 292 g/mol. The number of hydrogen-bond donors (Lipinski definition) is 2. The lowest BCUT2D eigenvalue weighted by molar-refractivity contribution is 0.540. The van der Waals surface area contributed by atoms with Gasteiger partial charge in [-0.25, -0.2) is 13.1 Å². The lowest BCUT2D eigenvalue weighted by atomic mass is 10.1. The third kappa shape index (κ3) is 4.28. The van der Waals surface area contributed by atoms with Crippen LogP contribution in [-0.4, -0.2) is 21.0 Å². The van der Waals surface area contributed by atoms with Crippen molar-refractivity contribution in [1.29, 1.82) is 0 Å². The molecule has 1 fully saturated rings. The molecular formula is C14H24N2O2S2. The fourth-order valence-corrected chi connectivity index (χ4v) is 5.10. The van der Waals surface area contributed by atoms with Gasteiger partial charge in [0.25, 0.3) is 0 Å². The lowest BCUT2D eigenvalue weighted by Gasteiger charge is -2.11. The summed E-state index contributed by atoms with van der Waals surface area (Å²) in [6.07, 6.45) is 4.10. The molecule has 0 radical (unpaired) electrons. The summed E-state index contributed by atoms with van der Waals surface area (Å²) in [5.41, 5.74) is 1.05. The first kappa shape index (κ1) is 15.9. The Labute approximate surface area is 126 Å². The van der Waals surface area contributed by atoms with Crippen molar-refractivity contribution in [2.24, 2.45) is 5.92 Å². The van der Waals surface area contributed by atoms with Gasteiger partial charge in [0.2, 0.25) is 10.0 Å². The van der Waals surface area contributed by atoms with Gasteiger partial charge in [-0.15, -0.1) is 11.3 Å². The van der Waals surface area contributed by atoms with Gasteiger partial charge in [0.15, 0.2) is 0 Å². The van der Waals surface area contributed by atoms with E-state index in [9.17, 15) is 8.42 Å². The number of nitrogens with one attached hydrogen (secondary N) is 2. The summed E-state index contributed by atoms with van der Waals surface area (Å²) in [7, 11) is -3.34. The highest BCUT2D eigenvalue weighted by molar-refractivity contribution is 7.91. The molecule has 0 aromatic carbocycles. The number of sulfonamides is 1. The van der Waals surface area contributed by atoms with Gasteiger partial charge in [-0.3, -0.25) is 0 Å². The highest BCUT2D eigenvalue weighted by Crippen LogP contribution is 2.27. The van der Waals surface area contributed by atoms with E-state index in [-0.39, 0.29) is 6.04 Å². The summed E-state index contributed by atoms with van der Waals surface area (Å²) in [6.45, 7) is 5.98. The number of thiophene rings is 1. The second kappa shape index (κ2) is 7.02. The van der Waals surface area contributed by atoms with Crippen LogP contribution in [0.4, 0.5) is 0 Å². The summed E-state index contributed by atoms with van der Waals surface area (Å²) in [4.78, 5) is 0. The van der Waals surface area contributed by atoms with E-state index in [0.29, 0.717) is 10.1 Å². The highest BCUT2D eigenvalue weighted by Gasteiger charge is 2.27. The second-order valence-corrected chi connectivity index (χ2v) is 8.54. The van der Waals surface area contributed by atoms with Crippen LogP contribution in [0.3, 0.4) is 0 Å². The number of rotatable bonds is 7. The van der Waals surface area contributed by atoms with E-state index >= 15 is 0 Å². The van der Waals surface area contributed by atoms with Crippen LogP contribution in [-0.2, 0) is 16.6 Å². The van der Waals surface area contributed by atoms with Crippen LogP contribution in [0, 0.1) is 5.92 Å². The molecule has 1 heterocycles. The van der Waals surface area contributed by atoms with Gasteiger partial charge in [-0.05, 0) is 55.2 Å². The van der Waals surface area contributed by atoms with E-state index in [1.807, 2.05) is 5.38 Å². The van der Waals surface area contributed by atoms with Crippen LogP contribution in [0.5, 0.6) is 0 Å². The largest absolute Gasteiger partial charge is 0.313 e. The fraction of sp³-hybridized carbons (Fsp3) is 0.714. The first-order chi connectivity index (χ1) is 9.51. The fourth-order valence-electron chi connectivity index (χ4n) is 2.59. The molecule has 2 rings (SSSR count). The Hall–Kier alpha value is -0.430. The summed E-state index contributed by atoms with van der Waals surface area (Å²) in [5, 5.41) is 5.21. The summed E-state index contributed by atoms with van der Waals surface area (Å²) < 4.78 is 27.9. The zero-order valence-corrected chi connectivity index (χ0v) is 13.8. The lowest BCUT2D eigenvalue weighted by Crippen LogP contribution is -2.32. The minimum Gasteiger partial charge on any atom is -0.313 e. The van der Waals surface area contributed by atoms with Crippen LogP contribution >= 0.6 is 11.3 Å². The van der Waals surface area contributed by atoms with E-state index < -0.39 is 10.0 Å². The summed E-state index contributed by atoms with van der Waals surface area (Å²) in [6, 6.07) is 1.90. The van der Waals surface area contributed by atoms with Gasteiger partial charge in [-0.2, -0.15) is 0 Å². The second-order valence-electron chi connectivity index (χ2n) is 5.69. The molecule has 2 N–H and O–H groups in total. The zero-order chi connectivity index (χ0) is 14.6. The highest BCUT2D eigenvalue weighted by atomic mass is 32.2. The number of hydrogen-bond acceptors (Lipinski definition) is 4. The average molecular weight is 316 g/mol. The quantitative estimate of drug-likeness (QED) is 0.761. The molecule has 4 nitrogen and oxygen atoms in total. The predicted octanol–water partition coefficient (Wildman–Crippen LogP) is 2.71. The van der Waals surface area contributed by atoms with Crippen molar-refractivity contribution in [2.75, 3.05) is 6.54 Å². The molecule has 1 aromatic rings. The summed E-state index contributed by atoms with van der Waals surface area (Å²) in [5.74, 6) is 0.625. The smallest absolute Gasteiger partial charge is 0.250 e. The Balaban J connectivity index is 1.95. The molecule has 1 aromatic heterocycles. The molecule has 0 bridgehead atoms. The molecule has 0 amide bonds. The SMILES string of the molecule is CCCNCc1csc(S(=O)(=O)NC2CCC(C)C2)c1. The van der Waals surface area contributed by atoms with Crippen LogP contribution in [0.2, 0.25) is 0 Å². The van der Waals surface area contributed by atoms with Gasteiger partial charge < -0.3 is 5.32 Å². The standard InChI is InChI=1S/C14H24N2O2S2/c1-3-6-15-9-12-8-14(19-10-12)20(17,18)16-13-5-4-11(2)7-13/h8,10-11,13,15-16H,3-7,9H2,1-2H3. The molecule has 2 atom stereocenters. The zero-order valence-electron chi connectivity index (χ0n) is 12.2. The van der Waals surface area contributed by atoms with Crippen LogP contribution in [0.25, 0.3) is 0 Å². The Kier molecular flexibility index (Phi) is 5.60. The van der Waals surface area contributed by atoms with Gasteiger partial charge in [-0.1, -0.05) is 13.8 Å². The molecule has 1 saturated carbocycles. The van der Waals surface area contributed by atoms with Gasteiger partial charge >= 0.3 is 0 Å². The maximum Gasteiger partial charge on any atom is 0.250 e. The first-order valence-electron chi connectivity index (χ1n) is 7.31. The summed E-state index contributed by atoms with van der Waals surface area (Å²) >= 11 is 1.31. The Bertz CT molecular complexity index is 525. The Morgan fingerprint density at radius 1 is 1.40 bits per heavy atom. The van der Waals surface area contributed by atoms with Crippen molar-refractivity contribution in [2.45, 2.75) is 56.3 Å². The van der Waals surface area contributed by atoms with E-state index in [0.717, 1.165) is 44.3 Å². The normalized spacial score (nSPS) is 23.3. The Morgan fingerprint density at radius 2 is 2.20 bits per heavy atom. The maximum atomic E-state index is 12.3. The minimum atomic E-state index is -3.34. The molecule has 0 spiro atoms.